The van der Waals surface area contributed by atoms with Crippen molar-refractivity contribution in [3.05, 3.63) is 0 Å². The predicted molar refractivity (Wildman–Crippen MR) is 56.5 cm³/mol. The highest BCUT2D eigenvalue weighted by molar-refractivity contribution is 6.05. The average molecular weight is 228 g/mol. The molecule has 2 fully saturated rings. The van der Waals surface area contributed by atoms with Gasteiger partial charge >= 0.3 is 0 Å². The molecule has 0 aliphatic carbocycles. The van der Waals surface area contributed by atoms with E-state index in [-0.39, 0.29) is 24.8 Å². The van der Waals surface area contributed by atoms with Gasteiger partial charge in [-0.3, -0.25) is 14.5 Å². The van der Waals surface area contributed by atoms with Gasteiger partial charge in [0, 0.05) is 6.42 Å². The van der Waals surface area contributed by atoms with Crippen LogP contribution in [0.2, 0.25) is 0 Å². The van der Waals surface area contributed by atoms with Gasteiger partial charge in [0.1, 0.15) is 6.67 Å². The van der Waals surface area contributed by atoms with Crippen molar-refractivity contribution in [3.8, 4) is 0 Å². The first-order valence-corrected chi connectivity index (χ1v) is 5.68. The minimum atomic E-state index is -0.645. The van der Waals surface area contributed by atoms with Crippen LogP contribution in [0.1, 0.15) is 19.3 Å². The van der Waals surface area contributed by atoms with E-state index in [0.29, 0.717) is 0 Å². The quantitative estimate of drug-likeness (QED) is 0.643. The van der Waals surface area contributed by atoms with Crippen LogP contribution in [0.25, 0.3) is 0 Å². The first-order chi connectivity index (χ1) is 7.59. The molecule has 0 unspecified atom stereocenters. The van der Waals surface area contributed by atoms with Gasteiger partial charge in [-0.15, -0.1) is 0 Å². The third-order valence-electron chi connectivity index (χ3n) is 3.74. The first kappa shape index (κ1) is 11.5. The molecule has 2 aliphatic rings. The van der Waals surface area contributed by atoms with Crippen LogP contribution in [-0.2, 0) is 9.59 Å². The van der Waals surface area contributed by atoms with Crippen molar-refractivity contribution < 1.29 is 14.0 Å². The van der Waals surface area contributed by atoms with Crippen LogP contribution in [0.5, 0.6) is 0 Å². The van der Waals surface area contributed by atoms with Crippen LogP contribution in [0.3, 0.4) is 0 Å². The standard InChI is InChI=1S/C11H17FN2O2/c1-13-5-2-11(3-6-13)8-9(15)14(7-4-12)10(11)16/h2-8H2,1H3. The second-order valence-corrected chi connectivity index (χ2v) is 4.80. The number of rotatable bonds is 2. The Morgan fingerprint density at radius 2 is 1.94 bits per heavy atom. The lowest BCUT2D eigenvalue weighted by atomic mass is 9.77. The van der Waals surface area contributed by atoms with Gasteiger partial charge in [-0.1, -0.05) is 0 Å². The molecule has 5 heteroatoms. The van der Waals surface area contributed by atoms with Gasteiger partial charge in [0.15, 0.2) is 0 Å². The number of hydrogen-bond acceptors (Lipinski definition) is 3. The van der Waals surface area contributed by atoms with E-state index in [0.717, 1.165) is 30.8 Å². The number of alkyl halides is 1. The van der Waals surface area contributed by atoms with Crippen molar-refractivity contribution in [1.29, 1.82) is 0 Å². The summed E-state index contributed by atoms with van der Waals surface area (Å²) >= 11 is 0. The smallest absolute Gasteiger partial charge is 0.236 e. The van der Waals surface area contributed by atoms with Gasteiger partial charge in [0.25, 0.3) is 0 Å². The Hall–Kier alpha value is -0.970. The highest BCUT2D eigenvalue weighted by Gasteiger charge is 2.51. The summed E-state index contributed by atoms with van der Waals surface area (Å²) in [6.07, 6.45) is 1.72. The van der Waals surface area contributed by atoms with E-state index in [4.69, 9.17) is 0 Å². The zero-order valence-corrected chi connectivity index (χ0v) is 9.54. The van der Waals surface area contributed by atoms with E-state index >= 15 is 0 Å². The number of carbonyl (C=O) groups is 2. The Kier molecular flexibility index (Phi) is 2.97. The summed E-state index contributed by atoms with van der Waals surface area (Å²) in [5.74, 6) is -0.351. The second kappa shape index (κ2) is 4.13. The van der Waals surface area contributed by atoms with E-state index in [1.165, 1.54) is 0 Å². The van der Waals surface area contributed by atoms with Crippen LogP contribution in [0.15, 0.2) is 0 Å². The highest BCUT2D eigenvalue weighted by Crippen LogP contribution is 2.41. The average Bonchev–Trinajstić information content (AvgIpc) is 2.49. The number of carbonyl (C=O) groups excluding carboxylic acids is 2. The topological polar surface area (TPSA) is 40.6 Å². The molecule has 2 rings (SSSR count). The number of piperidine rings is 1. The molecule has 0 radical (unpaired) electrons. The summed E-state index contributed by atoms with van der Waals surface area (Å²) in [6, 6.07) is 0. The maximum Gasteiger partial charge on any atom is 0.236 e. The Morgan fingerprint density at radius 3 is 2.50 bits per heavy atom. The number of hydrogen-bond donors (Lipinski definition) is 0. The molecule has 2 heterocycles. The lowest BCUT2D eigenvalue weighted by molar-refractivity contribution is -0.142. The van der Waals surface area contributed by atoms with E-state index in [1.54, 1.807) is 0 Å². The minimum Gasteiger partial charge on any atom is -0.306 e. The van der Waals surface area contributed by atoms with Crippen LogP contribution in [-0.4, -0.2) is 55.0 Å². The van der Waals surface area contributed by atoms with Crippen molar-refractivity contribution in [2.45, 2.75) is 19.3 Å². The molecule has 2 saturated heterocycles. The number of amides is 2. The molecule has 0 aromatic rings. The van der Waals surface area contributed by atoms with Crippen molar-refractivity contribution >= 4 is 11.8 Å². The van der Waals surface area contributed by atoms with Crippen molar-refractivity contribution in [1.82, 2.24) is 9.80 Å². The molecule has 2 amide bonds. The van der Waals surface area contributed by atoms with Gasteiger partial charge < -0.3 is 4.90 Å². The van der Waals surface area contributed by atoms with Crippen molar-refractivity contribution in [2.75, 3.05) is 33.4 Å². The van der Waals surface area contributed by atoms with Gasteiger partial charge in [-0.2, -0.15) is 0 Å². The Labute approximate surface area is 94.4 Å². The molecular weight excluding hydrogens is 211 g/mol. The van der Waals surface area contributed by atoms with E-state index in [9.17, 15) is 14.0 Å². The fourth-order valence-corrected chi connectivity index (χ4v) is 2.61. The molecule has 0 aromatic heterocycles. The normalized spacial score (nSPS) is 25.8. The number of nitrogens with zero attached hydrogens (tertiary/aromatic N) is 2. The van der Waals surface area contributed by atoms with E-state index in [2.05, 4.69) is 4.90 Å². The molecule has 16 heavy (non-hydrogen) atoms. The third-order valence-corrected chi connectivity index (χ3v) is 3.74. The number of halogens is 1. The first-order valence-electron chi connectivity index (χ1n) is 5.68. The molecular formula is C11H17FN2O2. The number of likely N-dealkylation sites (tertiary alicyclic amines) is 2. The summed E-state index contributed by atoms with van der Waals surface area (Å²) in [7, 11) is 2.01. The third kappa shape index (κ3) is 1.73. The van der Waals surface area contributed by atoms with Crippen LogP contribution < -0.4 is 0 Å². The highest BCUT2D eigenvalue weighted by atomic mass is 19.1. The van der Waals surface area contributed by atoms with Gasteiger partial charge in [-0.05, 0) is 33.0 Å². The molecule has 0 N–H and O–H groups in total. The summed E-state index contributed by atoms with van der Waals surface area (Å²) < 4.78 is 12.3. The summed E-state index contributed by atoms with van der Waals surface area (Å²) in [5, 5.41) is 0. The second-order valence-electron chi connectivity index (χ2n) is 4.80. The molecule has 2 aliphatic heterocycles. The molecule has 0 bridgehead atoms. The number of imide groups is 1. The lowest BCUT2D eigenvalue weighted by Crippen LogP contribution is -2.43. The van der Waals surface area contributed by atoms with Gasteiger partial charge in [0.05, 0.1) is 12.0 Å². The fourth-order valence-electron chi connectivity index (χ4n) is 2.61. The Bertz CT molecular complexity index is 311. The SMILES string of the molecule is CN1CCC2(CC1)CC(=O)N(CCF)C2=O. The Balaban J connectivity index is 2.13. The summed E-state index contributed by atoms with van der Waals surface area (Å²) in [4.78, 5) is 27.0. The van der Waals surface area contributed by atoms with Gasteiger partial charge in [-0.25, -0.2) is 4.39 Å². The minimum absolute atomic E-state index is 0.0742. The van der Waals surface area contributed by atoms with Gasteiger partial charge in [0.2, 0.25) is 11.8 Å². The lowest BCUT2D eigenvalue weighted by Gasteiger charge is -2.35. The van der Waals surface area contributed by atoms with Crippen LogP contribution in [0.4, 0.5) is 4.39 Å². The van der Waals surface area contributed by atoms with Crippen LogP contribution in [0, 0.1) is 5.41 Å². The maximum atomic E-state index is 12.3. The fraction of sp³-hybridized carbons (Fsp3) is 0.818. The van der Waals surface area contributed by atoms with E-state index in [1.807, 2.05) is 7.05 Å². The largest absolute Gasteiger partial charge is 0.306 e. The molecule has 0 atom stereocenters. The van der Waals surface area contributed by atoms with Crippen molar-refractivity contribution in [3.63, 3.8) is 0 Å². The van der Waals surface area contributed by atoms with Crippen LogP contribution >= 0.6 is 0 Å². The van der Waals surface area contributed by atoms with E-state index < -0.39 is 12.1 Å². The predicted octanol–water partition coefficient (Wildman–Crippen LogP) is 0.427. The molecule has 4 nitrogen and oxygen atoms in total. The zero-order valence-electron chi connectivity index (χ0n) is 9.54. The molecule has 90 valence electrons. The molecule has 1 spiro atoms. The van der Waals surface area contributed by atoms with Crippen molar-refractivity contribution in [2.24, 2.45) is 5.41 Å². The summed E-state index contributed by atoms with van der Waals surface area (Å²) in [6.45, 7) is 0.952. The monoisotopic (exact) mass is 228 g/mol. The Morgan fingerprint density at radius 1 is 1.31 bits per heavy atom. The molecule has 0 aromatic carbocycles. The summed E-state index contributed by atoms with van der Waals surface area (Å²) in [5.41, 5.74) is -0.515. The zero-order chi connectivity index (χ0) is 11.8. The maximum absolute atomic E-state index is 12.3. The molecule has 0 saturated carbocycles.